The third-order valence-corrected chi connectivity index (χ3v) is 4.51. The second-order valence-corrected chi connectivity index (χ2v) is 6.58. The van der Waals surface area contributed by atoms with Crippen LogP contribution in [-0.2, 0) is 11.2 Å². The van der Waals surface area contributed by atoms with Crippen molar-refractivity contribution in [1.29, 1.82) is 0 Å². The van der Waals surface area contributed by atoms with E-state index in [0.29, 0.717) is 28.1 Å². The Morgan fingerprint density at radius 3 is 2.68 bits per heavy atom. The Labute approximate surface area is 176 Å². The zero-order valence-electron chi connectivity index (χ0n) is 16.5. The molecular formula is C22H18FN5O3. The molecule has 0 aliphatic carbocycles. The molecule has 8 nitrogen and oxygen atoms in total. The summed E-state index contributed by atoms with van der Waals surface area (Å²) in [7, 11) is 1.54. The molecule has 31 heavy (non-hydrogen) atoms. The van der Waals surface area contributed by atoms with Crippen molar-refractivity contribution < 1.29 is 18.4 Å². The first-order chi connectivity index (χ1) is 15.0. The van der Waals surface area contributed by atoms with E-state index in [-0.39, 0.29) is 35.7 Å². The number of nitrogens with one attached hydrogen (secondary N) is 1. The molecule has 0 saturated carbocycles. The first-order valence-electron chi connectivity index (χ1n) is 9.31. The van der Waals surface area contributed by atoms with Gasteiger partial charge in [0.1, 0.15) is 28.6 Å². The SMILES string of the molecule is COc1ccccc1CC(=O)Nc1onc(-c2ccc(F)cc2)c1-c1nccc(N)n1. The van der Waals surface area contributed by atoms with E-state index in [2.05, 4.69) is 20.4 Å². The van der Waals surface area contributed by atoms with Crippen LogP contribution in [0, 0.1) is 5.82 Å². The summed E-state index contributed by atoms with van der Waals surface area (Å²) in [5.41, 5.74) is 7.77. The van der Waals surface area contributed by atoms with Crippen LogP contribution in [0.25, 0.3) is 22.6 Å². The fourth-order valence-electron chi connectivity index (χ4n) is 3.07. The monoisotopic (exact) mass is 419 g/mol. The zero-order chi connectivity index (χ0) is 21.8. The number of carbonyl (C=O) groups excluding carboxylic acids is 1. The molecule has 2 aromatic carbocycles. The van der Waals surface area contributed by atoms with Crippen LogP contribution in [0.3, 0.4) is 0 Å². The van der Waals surface area contributed by atoms with Crippen molar-refractivity contribution in [2.24, 2.45) is 0 Å². The van der Waals surface area contributed by atoms with Crippen molar-refractivity contribution in [1.82, 2.24) is 15.1 Å². The molecule has 2 aromatic heterocycles. The minimum absolute atomic E-state index is 0.0494. The summed E-state index contributed by atoms with van der Waals surface area (Å²) in [6.07, 6.45) is 1.54. The summed E-state index contributed by atoms with van der Waals surface area (Å²) in [6, 6.07) is 14.4. The highest BCUT2D eigenvalue weighted by Crippen LogP contribution is 2.36. The number of amides is 1. The van der Waals surface area contributed by atoms with Crippen LogP contribution >= 0.6 is 0 Å². The van der Waals surface area contributed by atoms with Gasteiger partial charge in [-0.2, -0.15) is 0 Å². The van der Waals surface area contributed by atoms with Gasteiger partial charge >= 0.3 is 0 Å². The quantitative estimate of drug-likeness (QED) is 0.489. The number of anilines is 2. The van der Waals surface area contributed by atoms with Gasteiger partial charge < -0.3 is 15.0 Å². The van der Waals surface area contributed by atoms with Crippen molar-refractivity contribution >= 4 is 17.6 Å². The molecule has 0 radical (unpaired) electrons. The molecule has 2 heterocycles. The number of ether oxygens (including phenoxy) is 1. The van der Waals surface area contributed by atoms with Crippen LogP contribution in [-0.4, -0.2) is 28.1 Å². The Kier molecular flexibility index (Phi) is 5.57. The number of aromatic nitrogens is 3. The van der Waals surface area contributed by atoms with Crippen LogP contribution in [0.2, 0.25) is 0 Å². The molecule has 3 N–H and O–H groups in total. The highest BCUT2D eigenvalue weighted by Gasteiger charge is 2.24. The fourth-order valence-corrected chi connectivity index (χ4v) is 3.07. The summed E-state index contributed by atoms with van der Waals surface area (Å²) >= 11 is 0. The highest BCUT2D eigenvalue weighted by atomic mass is 19.1. The Hall–Kier alpha value is -4.27. The van der Waals surface area contributed by atoms with Crippen molar-refractivity contribution in [2.45, 2.75) is 6.42 Å². The maximum atomic E-state index is 13.4. The molecule has 0 aliphatic heterocycles. The number of nitrogen functional groups attached to an aromatic ring is 1. The van der Waals surface area contributed by atoms with Gasteiger partial charge in [0.25, 0.3) is 0 Å². The molecule has 0 fully saturated rings. The van der Waals surface area contributed by atoms with Crippen molar-refractivity contribution in [3.05, 3.63) is 72.2 Å². The molecule has 9 heteroatoms. The molecule has 0 spiro atoms. The number of para-hydroxylation sites is 1. The predicted octanol–water partition coefficient (Wildman–Crippen LogP) is 3.71. The number of benzene rings is 2. The smallest absolute Gasteiger partial charge is 0.243 e. The molecule has 4 rings (SSSR count). The molecule has 4 aromatic rings. The van der Waals surface area contributed by atoms with Crippen molar-refractivity contribution in [2.75, 3.05) is 18.2 Å². The standard InChI is InChI=1S/C22H18FN5O3/c1-30-16-5-3-2-4-14(16)12-18(29)27-22-19(21-25-11-10-17(24)26-21)20(28-31-22)13-6-8-15(23)9-7-13/h2-11H,12H2,1H3,(H,27,29)(H2,24,25,26). The third kappa shape index (κ3) is 4.35. The third-order valence-electron chi connectivity index (χ3n) is 4.51. The Bertz CT molecular complexity index is 1220. The topological polar surface area (TPSA) is 116 Å². The lowest BCUT2D eigenvalue weighted by Gasteiger charge is -2.08. The molecule has 1 amide bonds. The minimum Gasteiger partial charge on any atom is -0.496 e. The maximum absolute atomic E-state index is 13.4. The van der Waals surface area contributed by atoms with Crippen LogP contribution in [0.15, 0.2) is 65.3 Å². The van der Waals surface area contributed by atoms with Gasteiger partial charge in [-0.05, 0) is 36.4 Å². The summed E-state index contributed by atoms with van der Waals surface area (Å²) in [6.45, 7) is 0. The molecule has 156 valence electrons. The van der Waals surface area contributed by atoms with Crippen LogP contribution in [0.4, 0.5) is 16.1 Å². The predicted molar refractivity (Wildman–Crippen MR) is 113 cm³/mol. The van der Waals surface area contributed by atoms with E-state index in [1.807, 2.05) is 12.1 Å². The lowest BCUT2D eigenvalue weighted by molar-refractivity contribution is -0.115. The average Bonchev–Trinajstić information content (AvgIpc) is 3.18. The van der Waals surface area contributed by atoms with E-state index in [9.17, 15) is 9.18 Å². The van der Waals surface area contributed by atoms with E-state index in [1.165, 1.54) is 31.5 Å². The summed E-state index contributed by atoms with van der Waals surface area (Å²) < 4.78 is 24.1. The summed E-state index contributed by atoms with van der Waals surface area (Å²) in [4.78, 5) is 21.2. The van der Waals surface area contributed by atoms with Crippen molar-refractivity contribution in [3.8, 4) is 28.4 Å². The number of hydrogen-bond donors (Lipinski definition) is 2. The van der Waals surface area contributed by atoms with Crippen LogP contribution < -0.4 is 15.8 Å². The molecule has 0 unspecified atom stereocenters. The molecule has 0 aliphatic rings. The lowest BCUT2D eigenvalue weighted by atomic mass is 10.1. The van der Waals surface area contributed by atoms with Gasteiger partial charge in [-0.3, -0.25) is 10.1 Å². The number of rotatable bonds is 6. The van der Waals surface area contributed by atoms with Gasteiger partial charge in [-0.15, -0.1) is 0 Å². The summed E-state index contributed by atoms with van der Waals surface area (Å²) in [5.74, 6) is 0.373. The van der Waals surface area contributed by atoms with E-state index >= 15 is 0 Å². The van der Waals surface area contributed by atoms with Gasteiger partial charge in [0.15, 0.2) is 5.82 Å². The second kappa shape index (κ2) is 8.62. The fraction of sp³-hybridized carbons (Fsp3) is 0.0909. The number of nitrogens with two attached hydrogens (primary N) is 1. The van der Waals surface area contributed by atoms with Gasteiger partial charge in [0.05, 0.1) is 13.5 Å². The first-order valence-corrected chi connectivity index (χ1v) is 9.31. The normalized spacial score (nSPS) is 10.6. The zero-order valence-corrected chi connectivity index (χ0v) is 16.5. The van der Waals surface area contributed by atoms with Gasteiger partial charge in [0, 0.05) is 17.3 Å². The lowest BCUT2D eigenvalue weighted by Crippen LogP contribution is -2.15. The van der Waals surface area contributed by atoms with Gasteiger partial charge in [-0.1, -0.05) is 23.4 Å². The van der Waals surface area contributed by atoms with E-state index in [4.69, 9.17) is 15.0 Å². The van der Waals surface area contributed by atoms with Crippen LogP contribution in [0.1, 0.15) is 5.56 Å². The average molecular weight is 419 g/mol. The number of halogens is 1. The van der Waals surface area contributed by atoms with Crippen LogP contribution in [0.5, 0.6) is 5.75 Å². The first kappa shape index (κ1) is 20.0. The number of nitrogens with zero attached hydrogens (tertiary/aromatic N) is 3. The summed E-state index contributed by atoms with van der Waals surface area (Å²) in [5, 5.41) is 6.77. The minimum atomic E-state index is -0.390. The molecule has 0 saturated heterocycles. The number of carbonyl (C=O) groups is 1. The largest absolute Gasteiger partial charge is 0.496 e. The molecule has 0 bridgehead atoms. The maximum Gasteiger partial charge on any atom is 0.243 e. The van der Waals surface area contributed by atoms with Gasteiger partial charge in [0.2, 0.25) is 11.8 Å². The second-order valence-electron chi connectivity index (χ2n) is 6.58. The Balaban J connectivity index is 1.70. The van der Waals surface area contributed by atoms with Gasteiger partial charge in [-0.25, -0.2) is 14.4 Å². The Morgan fingerprint density at radius 1 is 1.16 bits per heavy atom. The van der Waals surface area contributed by atoms with E-state index in [1.54, 1.807) is 24.3 Å². The Morgan fingerprint density at radius 2 is 1.94 bits per heavy atom. The van der Waals surface area contributed by atoms with E-state index < -0.39 is 0 Å². The molecule has 0 atom stereocenters. The van der Waals surface area contributed by atoms with Crippen molar-refractivity contribution in [3.63, 3.8) is 0 Å². The number of methoxy groups -OCH3 is 1. The number of hydrogen-bond acceptors (Lipinski definition) is 7. The molecular weight excluding hydrogens is 401 g/mol. The van der Waals surface area contributed by atoms with E-state index in [0.717, 1.165) is 0 Å². The highest BCUT2D eigenvalue weighted by molar-refractivity contribution is 5.97.